The fraction of sp³-hybridized carbons (Fsp3) is 0.846. The van der Waals surface area contributed by atoms with Gasteiger partial charge in [0.1, 0.15) is 6.04 Å². The fourth-order valence-corrected chi connectivity index (χ4v) is 1.95. The highest BCUT2D eigenvalue weighted by Crippen LogP contribution is 2.10. The number of methoxy groups -OCH3 is 1. The van der Waals surface area contributed by atoms with Gasteiger partial charge in [-0.15, -0.1) is 0 Å². The Hall–Kier alpha value is -1.14. The second-order valence-corrected chi connectivity index (χ2v) is 5.01. The summed E-state index contributed by atoms with van der Waals surface area (Å²) in [5, 5.41) is 2.73. The number of rotatable bonds is 8. The molecule has 1 atom stereocenters. The molecular formula is C13H24N2O4. The Morgan fingerprint density at radius 3 is 2.68 bits per heavy atom. The molecule has 1 N–H and O–H groups in total. The molecule has 19 heavy (non-hydrogen) atoms. The van der Waals surface area contributed by atoms with E-state index in [9.17, 15) is 9.59 Å². The van der Waals surface area contributed by atoms with Crippen molar-refractivity contribution in [2.75, 3.05) is 40.0 Å². The smallest absolute Gasteiger partial charge is 0.245 e. The number of nitrogens with one attached hydrogen (secondary N) is 1. The van der Waals surface area contributed by atoms with E-state index in [1.807, 2.05) is 13.8 Å². The number of hydrogen-bond donors (Lipinski definition) is 1. The van der Waals surface area contributed by atoms with Crippen molar-refractivity contribution < 1.29 is 19.1 Å². The van der Waals surface area contributed by atoms with Crippen molar-refractivity contribution in [3.63, 3.8) is 0 Å². The first kappa shape index (κ1) is 15.9. The van der Waals surface area contributed by atoms with Gasteiger partial charge in [-0.05, 0) is 12.3 Å². The van der Waals surface area contributed by atoms with E-state index in [0.29, 0.717) is 26.4 Å². The molecule has 2 amide bonds. The van der Waals surface area contributed by atoms with Crippen molar-refractivity contribution in [1.29, 1.82) is 0 Å². The van der Waals surface area contributed by atoms with Gasteiger partial charge in [0.15, 0.2) is 0 Å². The van der Waals surface area contributed by atoms with E-state index in [0.717, 1.165) is 6.42 Å². The molecular weight excluding hydrogens is 248 g/mol. The zero-order valence-corrected chi connectivity index (χ0v) is 12.0. The molecule has 1 unspecified atom stereocenters. The number of ether oxygens (including phenoxy) is 2. The van der Waals surface area contributed by atoms with E-state index in [4.69, 9.17) is 9.47 Å². The van der Waals surface area contributed by atoms with Crippen molar-refractivity contribution >= 4 is 11.8 Å². The minimum Gasteiger partial charge on any atom is -0.385 e. The third-order valence-electron chi connectivity index (χ3n) is 3.04. The van der Waals surface area contributed by atoms with Crippen LogP contribution in [0.15, 0.2) is 0 Å². The molecule has 0 aromatic carbocycles. The molecule has 0 bridgehead atoms. The molecule has 6 nitrogen and oxygen atoms in total. The molecule has 0 aromatic heterocycles. The molecule has 1 aliphatic rings. The fourth-order valence-electron chi connectivity index (χ4n) is 1.95. The molecule has 1 rings (SSSR count). The predicted octanol–water partition coefficient (Wildman–Crippen LogP) is 0.0225. The quantitative estimate of drug-likeness (QED) is 0.633. The first-order chi connectivity index (χ1) is 9.06. The number of amides is 2. The number of carbonyl (C=O) groups is 2. The highest BCUT2D eigenvalue weighted by molar-refractivity contribution is 5.94. The Balaban J connectivity index is 2.31. The molecule has 0 radical (unpaired) electrons. The lowest BCUT2D eigenvalue weighted by molar-refractivity contribution is -0.146. The van der Waals surface area contributed by atoms with Gasteiger partial charge in [-0.2, -0.15) is 0 Å². The molecule has 1 saturated heterocycles. The van der Waals surface area contributed by atoms with Crippen LogP contribution in [0, 0.1) is 5.92 Å². The number of nitrogens with zero attached hydrogens (tertiary/aromatic N) is 1. The second-order valence-electron chi connectivity index (χ2n) is 5.01. The zero-order valence-electron chi connectivity index (χ0n) is 12.0. The summed E-state index contributed by atoms with van der Waals surface area (Å²) in [6, 6.07) is -0.408. The Kier molecular flexibility index (Phi) is 6.80. The lowest BCUT2D eigenvalue weighted by Gasteiger charge is -2.34. The van der Waals surface area contributed by atoms with Gasteiger partial charge in [0.2, 0.25) is 11.8 Å². The van der Waals surface area contributed by atoms with Gasteiger partial charge in [0.25, 0.3) is 0 Å². The minimum atomic E-state index is -0.408. The summed E-state index contributed by atoms with van der Waals surface area (Å²) in [5.74, 6) is -0.0188. The Bertz CT molecular complexity index is 307. The van der Waals surface area contributed by atoms with Crippen molar-refractivity contribution in [2.45, 2.75) is 26.3 Å². The van der Waals surface area contributed by atoms with Gasteiger partial charge in [-0.3, -0.25) is 9.59 Å². The zero-order chi connectivity index (χ0) is 14.3. The van der Waals surface area contributed by atoms with Crippen LogP contribution in [0.2, 0.25) is 0 Å². The van der Waals surface area contributed by atoms with Crippen LogP contribution in [0.4, 0.5) is 0 Å². The molecule has 0 spiro atoms. The average molecular weight is 272 g/mol. The maximum atomic E-state index is 12.1. The van der Waals surface area contributed by atoms with E-state index >= 15 is 0 Å². The van der Waals surface area contributed by atoms with Crippen molar-refractivity contribution in [3.8, 4) is 0 Å². The van der Waals surface area contributed by atoms with Gasteiger partial charge in [-0.25, -0.2) is 0 Å². The van der Waals surface area contributed by atoms with E-state index < -0.39 is 6.04 Å². The summed E-state index contributed by atoms with van der Waals surface area (Å²) in [6.45, 7) is 6.16. The second kappa shape index (κ2) is 8.12. The summed E-state index contributed by atoms with van der Waals surface area (Å²) in [7, 11) is 1.65. The van der Waals surface area contributed by atoms with Crippen molar-refractivity contribution in [2.24, 2.45) is 5.92 Å². The van der Waals surface area contributed by atoms with Gasteiger partial charge in [0, 0.05) is 26.9 Å². The number of piperazine rings is 1. The van der Waals surface area contributed by atoms with Gasteiger partial charge < -0.3 is 19.7 Å². The van der Waals surface area contributed by atoms with Crippen LogP contribution in [-0.2, 0) is 19.1 Å². The Morgan fingerprint density at radius 2 is 2.05 bits per heavy atom. The number of hydrogen-bond acceptors (Lipinski definition) is 4. The Labute approximate surface area is 114 Å². The highest BCUT2D eigenvalue weighted by Gasteiger charge is 2.33. The van der Waals surface area contributed by atoms with E-state index in [1.54, 1.807) is 12.0 Å². The van der Waals surface area contributed by atoms with E-state index in [2.05, 4.69) is 5.32 Å². The monoisotopic (exact) mass is 272 g/mol. The maximum Gasteiger partial charge on any atom is 0.245 e. The number of carbonyl (C=O) groups excluding carboxylic acids is 2. The largest absolute Gasteiger partial charge is 0.385 e. The van der Waals surface area contributed by atoms with Gasteiger partial charge in [-0.1, -0.05) is 13.8 Å². The lowest BCUT2D eigenvalue weighted by Crippen LogP contribution is -2.60. The summed E-state index contributed by atoms with van der Waals surface area (Å²) in [6.07, 6.45) is 0.833. The highest BCUT2D eigenvalue weighted by atomic mass is 16.5. The maximum absolute atomic E-state index is 12.1. The first-order valence-corrected chi connectivity index (χ1v) is 6.71. The minimum absolute atomic E-state index is 0.0184. The van der Waals surface area contributed by atoms with Crippen LogP contribution in [0.1, 0.15) is 20.3 Å². The first-order valence-electron chi connectivity index (χ1n) is 6.71. The van der Waals surface area contributed by atoms with E-state index in [-0.39, 0.29) is 24.3 Å². The summed E-state index contributed by atoms with van der Waals surface area (Å²) >= 11 is 0. The molecule has 0 aromatic rings. The predicted molar refractivity (Wildman–Crippen MR) is 70.7 cm³/mol. The standard InChI is InChI=1S/C13H24N2O4/c1-10(2)12-13(17)15(9-11(16)14-12)5-8-19-7-4-6-18-3/h10,12H,4-9H2,1-3H3,(H,14,16). The summed E-state index contributed by atoms with van der Waals surface area (Å²) < 4.78 is 10.3. The van der Waals surface area contributed by atoms with Crippen LogP contribution >= 0.6 is 0 Å². The molecule has 110 valence electrons. The third-order valence-corrected chi connectivity index (χ3v) is 3.04. The topological polar surface area (TPSA) is 67.9 Å². The van der Waals surface area contributed by atoms with Crippen LogP contribution in [0.3, 0.4) is 0 Å². The van der Waals surface area contributed by atoms with Crippen LogP contribution < -0.4 is 5.32 Å². The lowest BCUT2D eigenvalue weighted by atomic mass is 10.0. The van der Waals surface area contributed by atoms with Crippen LogP contribution in [0.5, 0.6) is 0 Å². The van der Waals surface area contributed by atoms with Gasteiger partial charge in [0.05, 0.1) is 13.2 Å². The van der Waals surface area contributed by atoms with Crippen molar-refractivity contribution in [1.82, 2.24) is 10.2 Å². The molecule has 1 aliphatic heterocycles. The van der Waals surface area contributed by atoms with Crippen LogP contribution in [-0.4, -0.2) is 62.8 Å². The van der Waals surface area contributed by atoms with E-state index in [1.165, 1.54) is 0 Å². The molecule has 1 fully saturated rings. The molecule has 1 heterocycles. The van der Waals surface area contributed by atoms with Gasteiger partial charge >= 0.3 is 0 Å². The molecule has 0 saturated carbocycles. The average Bonchev–Trinajstić information content (AvgIpc) is 2.36. The van der Waals surface area contributed by atoms with Crippen molar-refractivity contribution in [3.05, 3.63) is 0 Å². The summed E-state index contributed by atoms with van der Waals surface area (Å²) in [5.41, 5.74) is 0. The SMILES string of the molecule is COCCCOCCN1CC(=O)NC(C(C)C)C1=O. The summed E-state index contributed by atoms with van der Waals surface area (Å²) in [4.78, 5) is 25.2. The molecule has 6 heteroatoms. The Morgan fingerprint density at radius 1 is 1.32 bits per heavy atom. The molecule has 0 aliphatic carbocycles. The third kappa shape index (κ3) is 5.16. The normalized spacial score (nSPS) is 20.0. The van der Waals surface area contributed by atoms with Crippen LogP contribution in [0.25, 0.3) is 0 Å².